The topological polar surface area (TPSA) is 41.1 Å². The van der Waals surface area contributed by atoms with Crippen molar-refractivity contribution >= 4 is 17.2 Å². The van der Waals surface area contributed by atoms with Gasteiger partial charge in [0.05, 0.1) is 4.88 Å². The van der Waals surface area contributed by atoms with Crippen molar-refractivity contribution in [3.05, 3.63) is 21.4 Å². The Morgan fingerprint density at radius 1 is 1.21 bits per heavy atom. The monoisotopic (exact) mass is 280 g/mol. The summed E-state index contributed by atoms with van der Waals surface area (Å²) in [4.78, 5) is 14.4. The van der Waals surface area contributed by atoms with E-state index >= 15 is 0 Å². The Labute approximate surface area is 119 Å². The van der Waals surface area contributed by atoms with Gasteiger partial charge in [-0.25, -0.2) is 0 Å². The lowest BCUT2D eigenvalue weighted by Gasteiger charge is -2.07. The van der Waals surface area contributed by atoms with Crippen molar-refractivity contribution in [1.29, 1.82) is 0 Å². The molecule has 0 fully saturated rings. The van der Waals surface area contributed by atoms with Crippen molar-refractivity contribution < 1.29 is 4.79 Å². The number of aryl methyl sites for hydroxylation is 2. The zero-order valence-corrected chi connectivity index (χ0v) is 12.6. The van der Waals surface area contributed by atoms with E-state index in [1.807, 2.05) is 0 Å². The molecule has 1 aromatic heterocycles. The molecule has 0 aliphatic heterocycles. The van der Waals surface area contributed by atoms with Gasteiger partial charge in [-0.1, -0.05) is 19.8 Å². The number of rotatable bonds is 5. The Hall–Kier alpha value is -0.870. The van der Waals surface area contributed by atoms with Crippen LogP contribution in [-0.4, -0.2) is 25.5 Å². The Bertz CT molecular complexity index is 389. The Morgan fingerprint density at radius 2 is 2.00 bits per heavy atom. The molecule has 0 saturated heterocycles. The second-order valence-corrected chi connectivity index (χ2v) is 6.22. The van der Waals surface area contributed by atoms with Gasteiger partial charge in [0.2, 0.25) is 0 Å². The van der Waals surface area contributed by atoms with Crippen LogP contribution in [0, 0.1) is 0 Å². The van der Waals surface area contributed by atoms with Crippen LogP contribution < -0.4 is 10.6 Å². The van der Waals surface area contributed by atoms with Crippen LogP contribution in [0.1, 0.15) is 52.7 Å². The van der Waals surface area contributed by atoms with E-state index in [-0.39, 0.29) is 5.91 Å². The maximum Gasteiger partial charge on any atom is 0.261 e. The fourth-order valence-electron chi connectivity index (χ4n) is 2.48. The molecule has 19 heavy (non-hydrogen) atoms. The van der Waals surface area contributed by atoms with Gasteiger partial charge in [-0.3, -0.25) is 4.79 Å². The molecule has 0 atom stereocenters. The summed E-state index contributed by atoms with van der Waals surface area (Å²) in [6.45, 7) is 4.56. The van der Waals surface area contributed by atoms with Crippen molar-refractivity contribution in [3.63, 3.8) is 0 Å². The van der Waals surface area contributed by atoms with Crippen LogP contribution >= 0.6 is 11.3 Å². The quantitative estimate of drug-likeness (QED) is 0.814. The van der Waals surface area contributed by atoms with Crippen LogP contribution in [0.2, 0.25) is 0 Å². The summed E-state index contributed by atoms with van der Waals surface area (Å²) in [7, 11) is 0. The first-order valence-electron chi connectivity index (χ1n) is 7.41. The summed E-state index contributed by atoms with van der Waals surface area (Å²) in [6, 6.07) is 2.12. The zero-order chi connectivity index (χ0) is 13.5. The third kappa shape index (κ3) is 4.32. The van der Waals surface area contributed by atoms with Gasteiger partial charge in [0, 0.05) is 18.0 Å². The summed E-state index contributed by atoms with van der Waals surface area (Å²) in [5, 5.41) is 6.19. The standard InChI is InChI=1S/C15H24N2OS/c1-2-16-9-10-17-15(18)14-11-12-7-5-3-4-6-8-13(12)19-14/h11,16H,2-10H2,1H3,(H,17,18). The number of carbonyl (C=O) groups is 1. The predicted molar refractivity (Wildman–Crippen MR) is 81.1 cm³/mol. The molecule has 3 nitrogen and oxygen atoms in total. The van der Waals surface area contributed by atoms with Gasteiger partial charge in [0.25, 0.3) is 5.91 Å². The SMILES string of the molecule is CCNCCNC(=O)c1cc2c(s1)CCCCCC2. The highest BCUT2D eigenvalue weighted by molar-refractivity contribution is 7.14. The van der Waals surface area contributed by atoms with E-state index in [1.165, 1.54) is 36.1 Å². The molecule has 2 N–H and O–H groups in total. The molecule has 0 spiro atoms. The zero-order valence-electron chi connectivity index (χ0n) is 11.8. The van der Waals surface area contributed by atoms with Crippen molar-refractivity contribution in [2.75, 3.05) is 19.6 Å². The smallest absolute Gasteiger partial charge is 0.261 e. The van der Waals surface area contributed by atoms with Gasteiger partial charge < -0.3 is 10.6 Å². The largest absolute Gasteiger partial charge is 0.350 e. The molecule has 1 heterocycles. The van der Waals surface area contributed by atoms with E-state index in [0.717, 1.165) is 30.8 Å². The molecular formula is C15H24N2OS. The molecule has 4 heteroatoms. The number of amides is 1. The maximum atomic E-state index is 12.1. The number of hydrogen-bond donors (Lipinski definition) is 2. The highest BCUT2D eigenvalue weighted by Crippen LogP contribution is 2.28. The lowest BCUT2D eigenvalue weighted by atomic mass is 10.00. The van der Waals surface area contributed by atoms with Gasteiger partial charge in [-0.2, -0.15) is 0 Å². The molecule has 1 aliphatic rings. The fourth-order valence-corrected chi connectivity index (χ4v) is 3.65. The van der Waals surface area contributed by atoms with Gasteiger partial charge in [0.15, 0.2) is 0 Å². The minimum Gasteiger partial charge on any atom is -0.350 e. The maximum absolute atomic E-state index is 12.1. The predicted octanol–water partition coefficient (Wildman–Crippen LogP) is 2.75. The molecule has 0 aromatic carbocycles. The molecule has 1 aliphatic carbocycles. The van der Waals surface area contributed by atoms with Gasteiger partial charge in [-0.15, -0.1) is 11.3 Å². The van der Waals surface area contributed by atoms with Crippen LogP contribution in [0.25, 0.3) is 0 Å². The Morgan fingerprint density at radius 3 is 2.79 bits per heavy atom. The Balaban J connectivity index is 1.92. The van der Waals surface area contributed by atoms with E-state index < -0.39 is 0 Å². The third-order valence-corrected chi connectivity index (χ3v) is 4.79. The van der Waals surface area contributed by atoms with E-state index in [1.54, 1.807) is 11.3 Å². The number of nitrogens with one attached hydrogen (secondary N) is 2. The van der Waals surface area contributed by atoms with E-state index in [4.69, 9.17) is 0 Å². The first-order chi connectivity index (χ1) is 9.31. The minimum absolute atomic E-state index is 0.0923. The van der Waals surface area contributed by atoms with Crippen LogP contribution in [0.15, 0.2) is 6.07 Å². The lowest BCUT2D eigenvalue weighted by molar-refractivity contribution is 0.0958. The van der Waals surface area contributed by atoms with Crippen molar-refractivity contribution in [2.24, 2.45) is 0 Å². The third-order valence-electron chi connectivity index (χ3n) is 3.56. The summed E-state index contributed by atoms with van der Waals surface area (Å²) < 4.78 is 0. The molecule has 0 unspecified atom stereocenters. The van der Waals surface area contributed by atoms with E-state index in [2.05, 4.69) is 23.6 Å². The summed E-state index contributed by atoms with van der Waals surface area (Å²) in [5.74, 6) is 0.0923. The van der Waals surface area contributed by atoms with E-state index in [9.17, 15) is 4.79 Å². The molecule has 1 aromatic rings. The van der Waals surface area contributed by atoms with Crippen molar-refractivity contribution in [3.8, 4) is 0 Å². The second kappa shape index (κ2) is 7.65. The number of carbonyl (C=O) groups excluding carboxylic acids is 1. The normalized spacial score (nSPS) is 15.4. The lowest BCUT2D eigenvalue weighted by Crippen LogP contribution is -2.31. The number of hydrogen-bond acceptors (Lipinski definition) is 3. The van der Waals surface area contributed by atoms with Crippen LogP contribution in [0.5, 0.6) is 0 Å². The second-order valence-electron chi connectivity index (χ2n) is 5.08. The van der Waals surface area contributed by atoms with Crippen molar-refractivity contribution in [1.82, 2.24) is 10.6 Å². The van der Waals surface area contributed by atoms with Crippen LogP contribution in [-0.2, 0) is 12.8 Å². The molecule has 2 rings (SSSR count). The number of likely N-dealkylation sites (N-methyl/N-ethyl adjacent to an activating group) is 1. The minimum atomic E-state index is 0.0923. The van der Waals surface area contributed by atoms with Crippen LogP contribution in [0.3, 0.4) is 0 Å². The molecular weight excluding hydrogens is 256 g/mol. The van der Waals surface area contributed by atoms with Crippen LogP contribution in [0.4, 0.5) is 0 Å². The Kier molecular flexibility index (Phi) is 5.86. The summed E-state index contributed by atoms with van der Waals surface area (Å²) >= 11 is 1.70. The molecule has 1 amide bonds. The molecule has 106 valence electrons. The summed E-state index contributed by atoms with van der Waals surface area (Å²) in [5.41, 5.74) is 1.42. The molecule has 0 radical (unpaired) electrons. The van der Waals surface area contributed by atoms with E-state index in [0.29, 0.717) is 6.54 Å². The number of thiophene rings is 1. The highest BCUT2D eigenvalue weighted by atomic mass is 32.1. The average Bonchev–Trinajstić information content (AvgIpc) is 2.77. The fraction of sp³-hybridized carbons (Fsp3) is 0.667. The highest BCUT2D eigenvalue weighted by Gasteiger charge is 2.15. The first-order valence-corrected chi connectivity index (χ1v) is 8.23. The summed E-state index contributed by atoms with van der Waals surface area (Å²) in [6.07, 6.45) is 7.52. The molecule has 0 bridgehead atoms. The average molecular weight is 280 g/mol. The molecule has 0 saturated carbocycles. The van der Waals surface area contributed by atoms with Gasteiger partial charge >= 0.3 is 0 Å². The van der Waals surface area contributed by atoms with Gasteiger partial charge in [-0.05, 0) is 43.9 Å². The first kappa shape index (κ1) is 14.5. The number of fused-ring (bicyclic) bond motifs is 1. The van der Waals surface area contributed by atoms with Gasteiger partial charge in [0.1, 0.15) is 0 Å². The van der Waals surface area contributed by atoms with Crippen molar-refractivity contribution in [2.45, 2.75) is 45.4 Å².